The zero-order valence-electron chi connectivity index (χ0n) is 12.1. The number of amides is 1. The van der Waals surface area contributed by atoms with Crippen LogP contribution in [0.3, 0.4) is 0 Å². The molecule has 0 unspecified atom stereocenters. The Morgan fingerprint density at radius 1 is 1.10 bits per heavy atom. The van der Waals surface area contributed by atoms with Crippen molar-refractivity contribution in [3.63, 3.8) is 0 Å². The molecular weight excluding hydrogens is 284 g/mol. The fourth-order valence-electron chi connectivity index (χ4n) is 2.76. The molecule has 0 spiro atoms. The van der Waals surface area contributed by atoms with Gasteiger partial charge < -0.3 is 15.8 Å². The van der Waals surface area contributed by atoms with Gasteiger partial charge in [-0.15, -0.1) is 0 Å². The van der Waals surface area contributed by atoms with Gasteiger partial charge in [0.2, 0.25) is 0 Å². The predicted octanol–water partition coefficient (Wildman–Crippen LogP) is 3.54. The number of hydrogen-bond donors (Lipinski definition) is 2. The molecule has 1 saturated carbocycles. The monoisotopic (exact) mass is 306 g/mol. The summed E-state index contributed by atoms with van der Waals surface area (Å²) in [5.74, 6) is 0.513. The number of nitrogens with two attached hydrogens (primary N) is 1. The molecule has 1 fully saturated rings. The molecule has 1 aliphatic rings. The third-order valence-electron chi connectivity index (χ3n) is 3.97. The van der Waals surface area contributed by atoms with Crippen molar-refractivity contribution >= 4 is 23.3 Å². The Morgan fingerprint density at radius 2 is 1.67 bits per heavy atom. The van der Waals surface area contributed by atoms with Crippen LogP contribution in [0.2, 0.25) is 0 Å². The van der Waals surface area contributed by atoms with E-state index in [1.54, 1.807) is 12.1 Å². The number of hydrogen-bond acceptors (Lipinski definition) is 3. The highest BCUT2D eigenvalue weighted by Crippen LogP contribution is 2.27. The Kier molecular flexibility index (Phi) is 5.56. The van der Waals surface area contributed by atoms with Gasteiger partial charge in [0.1, 0.15) is 5.75 Å². The van der Waals surface area contributed by atoms with Crippen molar-refractivity contribution in [3.05, 3.63) is 30.3 Å². The molecule has 0 bridgehead atoms. The van der Waals surface area contributed by atoms with Crippen LogP contribution in [0, 0.1) is 0 Å². The maximum absolute atomic E-state index is 12.1. The first kappa shape index (κ1) is 15.8. The summed E-state index contributed by atoms with van der Waals surface area (Å²) < 4.78 is 5.30. The number of para-hydroxylation sites is 1. The smallest absolute Gasteiger partial charge is 0.410 e. The van der Waals surface area contributed by atoms with E-state index in [4.69, 9.17) is 22.7 Å². The molecule has 0 atom stereocenters. The molecule has 0 saturated heterocycles. The van der Waals surface area contributed by atoms with Crippen LogP contribution < -0.4 is 15.8 Å². The Bertz CT molecular complexity index is 482. The van der Waals surface area contributed by atoms with E-state index in [1.807, 2.05) is 18.2 Å². The lowest BCUT2D eigenvalue weighted by Gasteiger charge is -2.34. The molecule has 21 heavy (non-hydrogen) atoms. The van der Waals surface area contributed by atoms with Crippen molar-refractivity contribution in [2.45, 2.75) is 50.5 Å². The summed E-state index contributed by atoms with van der Waals surface area (Å²) in [7, 11) is 0. The van der Waals surface area contributed by atoms with Crippen molar-refractivity contribution in [1.29, 1.82) is 0 Å². The van der Waals surface area contributed by atoms with Crippen LogP contribution in [0.25, 0.3) is 0 Å². The summed E-state index contributed by atoms with van der Waals surface area (Å²) in [4.78, 5) is 12.5. The summed E-state index contributed by atoms with van der Waals surface area (Å²) in [5, 5.41) is 2.92. The molecule has 3 N–H and O–H groups in total. The normalized spacial score (nSPS) is 18.1. The molecule has 1 aliphatic carbocycles. The van der Waals surface area contributed by atoms with Crippen molar-refractivity contribution in [3.8, 4) is 5.75 Å². The number of nitrogens with one attached hydrogen (secondary N) is 1. The van der Waals surface area contributed by atoms with Crippen LogP contribution in [0.5, 0.6) is 5.75 Å². The highest BCUT2D eigenvalue weighted by molar-refractivity contribution is 7.80. The fraction of sp³-hybridized carbons (Fsp3) is 0.500. The van der Waals surface area contributed by atoms with Crippen LogP contribution in [0.15, 0.2) is 30.3 Å². The minimum atomic E-state index is -0.610. The molecule has 1 amide bonds. The highest BCUT2D eigenvalue weighted by atomic mass is 32.1. The van der Waals surface area contributed by atoms with E-state index in [0.29, 0.717) is 10.7 Å². The van der Waals surface area contributed by atoms with Gasteiger partial charge in [-0.3, -0.25) is 0 Å². The average molecular weight is 306 g/mol. The summed E-state index contributed by atoms with van der Waals surface area (Å²) in [6, 6.07) is 9.00. The van der Waals surface area contributed by atoms with Crippen LogP contribution in [-0.4, -0.2) is 16.6 Å². The molecule has 114 valence electrons. The lowest BCUT2D eigenvalue weighted by Crippen LogP contribution is -2.57. The van der Waals surface area contributed by atoms with E-state index in [2.05, 4.69) is 5.32 Å². The Hall–Kier alpha value is -1.62. The van der Waals surface area contributed by atoms with E-state index in [1.165, 1.54) is 6.42 Å². The summed E-state index contributed by atoms with van der Waals surface area (Å²) in [5.41, 5.74) is 5.32. The third-order valence-corrected chi connectivity index (χ3v) is 4.36. The van der Waals surface area contributed by atoms with Crippen LogP contribution in [0.4, 0.5) is 4.79 Å². The molecule has 0 aliphatic heterocycles. The SMILES string of the molecule is NC(=S)C1(NC(=O)Oc2ccccc2)CCCCCCC1. The van der Waals surface area contributed by atoms with Gasteiger partial charge in [-0.05, 0) is 25.0 Å². The standard InChI is InChI=1S/C16H22N2O2S/c17-14(21)16(11-7-2-1-3-8-12-16)18-15(19)20-13-9-5-4-6-10-13/h4-6,9-10H,1-3,7-8,11-12H2,(H2,17,21)(H,18,19). The topological polar surface area (TPSA) is 64.3 Å². The Morgan fingerprint density at radius 3 is 2.24 bits per heavy atom. The Balaban J connectivity index is 2.04. The number of benzene rings is 1. The van der Waals surface area contributed by atoms with Crippen molar-refractivity contribution < 1.29 is 9.53 Å². The van der Waals surface area contributed by atoms with E-state index < -0.39 is 11.6 Å². The minimum absolute atomic E-state index is 0.356. The second kappa shape index (κ2) is 7.41. The van der Waals surface area contributed by atoms with E-state index in [-0.39, 0.29) is 0 Å². The van der Waals surface area contributed by atoms with Gasteiger partial charge in [0, 0.05) is 0 Å². The quantitative estimate of drug-likeness (QED) is 0.838. The van der Waals surface area contributed by atoms with Gasteiger partial charge in [-0.25, -0.2) is 4.79 Å². The van der Waals surface area contributed by atoms with Gasteiger partial charge in [0.25, 0.3) is 0 Å². The lowest BCUT2D eigenvalue weighted by atomic mass is 9.84. The molecule has 0 aromatic heterocycles. The first-order valence-corrected chi connectivity index (χ1v) is 7.88. The number of ether oxygens (including phenoxy) is 1. The van der Waals surface area contributed by atoms with E-state index in [9.17, 15) is 4.79 Å². The van der Waals surface area contributed by atoms with Crippen LogP contribution in [-0.2, 0) is 0 Å². The lowest BCUT2D eigenvalue weighted by molar-refractivity contribution is 0.187. The van der Waals surface area contributed by atoms with Gasteiger partial charge >= 0.3 is 6.09 Å². The summed E-state index contributed by atoms with van der Waals surface area (Å²) >= 11 is 5.22. The van der Waals surface area contributed by atoms with Gasteiger partial charge in [-0.1, -0.05) is 62.5 Å². The van der Waals surface area contributed by atoms with E-state index in [0.717, 1.165) is 38.5 Å². The second-order valence-corrected chi connectivity index (χ2v) is 5.98. The van der Waals surface area contributed by atoms with Crippen molar-refractivity contribution in [2.75, 3.05) is 0 Å². The fourth-order valence-corrected chi connectivity index (χ4v) is 3.01. The van der Waals surface area contributed by atoms with Gasteiger partial charge in [-0.2, -0.15) is 0 Å². The first-order valence-electron chi connectivity index (χ1n) is 7.47. The van der Waals surface area contributed by atoms with Gasteiger partial charge in [0.15, 0.2) is 0 Å². The molecule has 0 radical (unpaired) electrons. The number of carbonyl (C=O) groups excluding carboxylic acids is 1. The molecular formula is C16H22N2O2S. The van der Waals surface area contributed by atoms with Crippen molar-refractivity contribution in [2.24, 2.45) is 5.73 Å². The minimum Gasteiger partial charge on any atom is -0.410 e. The molecule has 0 heterocycles. The first-order chi connectivity index (χ1) is 10.1. The molecule has 4 nitrogen and oxygen atoms in total. The second-order valence-electron chi connectivity index (χ2n) is 5.54. The molecule has 1 aromatic rings. The molecule has 1 aromatic carbocycles. The zero-order chi connectivity index (χ0) is 15.1. The molecule has 2 rings (SSSR count). The van der Waals surface area contributed by atoms with Crippen LogP contribution >= 0.6 is 12.2 Å². The summed E-state index contributed by atoms with van der Waals surface area (Å²) in [6.07, 6.45) is 6.65. The third kappa shape index (κ3) is 4.43. The maximum Gasteiger partial charge on any atom is 0.413 e. The average Bonchev–Trinajstić information content (AvgIpc) is 2.42. The van der Waals surface area contributed by atoms with Crippen LogP contribution in [0.1, 0.15) is 44.9 Å². The maximum atomic E-state index is 12.1. The van der Waals surface area contributed by atoms with Crippen molar-refractivity contribution in [1.82, 2.24) is 5.32 Å². The Labute approximate surface area is 131 Å². The highest BCUT2D eigenvalue weighted by Gasteiger charge is 2.35. The molecule has 5 heteroatoms. The summed E-state index contributed by atoms with van der Waals surface area (Å²) in [6.45, 7) is 0. The predicted molar refractivity (Wildman–Crippen MR) is 87.4 cm³/mol. The zero-order valence-corrected chi connectivity index (χ0v) is 13.0. The largest absolute Gasteiger partial charge is 0.413 e. The number of rotatable bonds is 3. The van der Waals surface area contributed by atoms with Gasteiger partial charge in [0.05, 0.1) is 10.5 Å². The van der Waals surface area contributed by atoms with E-state index >= 15 is 0 Å². The number of thiocarbonyl (C=S) groups is 1. The number of carbonyl (C=O) groups is 1.